The molecule has 1 amide bonds. The van der Waals surface area contributed by atoms with Gasteiger partial charge in [-0.1, -0.05) is 12.1 Å². The molecule has 0 saturated carbocycles. The van der Waals surface area contributed by atoms with Crippen LogP contribution in [0.15, 0.2) is 70.1 Å². The van der Waals surface area contributed by atoms with Crippen LogP contribution in [0.1, 0.15) is 44.7 Å². The fourth-order valence-electron chi connectivity index (χ4n) is 4.18. The minimum Gasteiger partial charge on any atom is -0.504 e. The molecule has 0 saturated heterocycles. The van der Waals surface area contributed by atoms with Crippen molar-refractivity contribution < 1.29 is 38.4 Å². The van der Waals surface area contributed by atoms with Crippen molar-refractivity contribution in [2.45, 2.75) is 33.6 Å². The number of esters is 2. The molecule has 1 heterocycles. The lowest BCUT2D eigenvalue weighted by Crippen LogP contribution is -2.32. The molecular weight excluding hydrogens is 518 g/mol. The first-order valence-corrected chi connectivity index (χ1v) is 12.6. The number of benzene rings is 2. The van der Waals surface area contributed by atoms with Gasteiger partial charge in [-0.3, -0.25) is 4.79 Å². The Morgan fingerprint density at radius 3 is 2.12 bits per heavy atom. The number of amides is 1. The van der Waals surface area contributed by atoms with Crippen molar-refractivity contribution in [3.63, 3.8) is 0 Å². The molecule has 0 spiro atoms. The number of ether oxygens (including phenoxy) is 4. The van der Waals surface area contributed by atoms with E-state index in [0.717, 1.165) is 0 Å². The van der Waals surface area contributed by atoms with Crippen LogP contribution >= 0.6 is 0 Å². The van der Waals surface area contributed by atoms with E-state index >= 15 is 0 Å². The third kappa shape index (κ3) is 7.19. The third-order valence-electron chi connectivity index (χ3n) is 5.94. The molecule has 212 valence electrons. The van der Waals surface area contributed by atoms with E-state index in [9.17, 15) is 19.5 Å². The maximum absolute atomic E-state index is 12.9. The standard InChI is InChI=1S/C29H33N3O8/c1-6-38-28(35)25-17(3)31-18(4)26(29(36)39-7-2)27(25)20-9-11-21(12-10-20)40-16-24(34)32-30-15-19-8-13-22(33)23(14-19)37-5/h8-15,27,31,33H,6-7,16H2,1-5H3,(H,32,34)/b30-15+. The summed E-state index contributed by atoms with van der Waals surface area (Å²) in [7, 11) is 1.43. The average molecular weight is 552 g/mol. The summed E-state index contributed by atoms with van der Waals surface area (Å²) in [6.45, 7) is 6.99. The second-order valence-corrected chi connectivity index (χ2v) is 8.66. The average Bonchev–Trinajstić information content (AvgIpc) is 2.92. The summed E-state index contributed by atoms with van der Waals surface area (Å²) >= 11 is 0. The van der Waals surface area contributed by atoms with Gasteiger partial charge >= 0.3 is 11.9 Å². The lowest BCUT2D eigenvalue weighted by molar-refractivity contribution is -0.139. The number of allylic oxidation sites excluding steroid dienone is 2. The number of hydrogen-bond acceptors (Lipinski definition) is 10. The van der Waals surface area contributed by atoms with E-state index in [0.29, 0.717) is 39.4 Å². The van der Waals surface area contributed by atoms with E-state index in [1.807, 2.05) is 0 Å². The Bertz CT molecular complexity index is 1310. The van der Waals surface area contributed by atoms with Crippen LogP contribution in [0.3, 0.4) is 0 Å². The molecule has 2 aromatic rings. The first-order chi connectivity index (χ1) is 19.2. The lowest BCUT2D eigenvalue weighted by atomic mass is 9.80. The van der Waals surface area contributed by atoms with Crippen LogP contribution in [0.5, 0.6) is 17.2 Å². The number of methoxy groups -OCH3 is 1. The molecule has 1 aliphatic heterocycles. The Hall–Kier alpha value is -4.80. The van der Waals surface area contributed by atoms with Crippen LogP contribution in [-0.2, 0) is 23.9 Å². The summed E-state index contributed by atoms with van der Waals surface area (Å²) in [4.78, 5) is 38.0. The van der Waals surface area contributed by atoms with Crippen molar-refractivity contribution in [2.75, 3.05) is 26.9 Å². The number of hydrazone groups is 1. The Kier molecular flexibility index (Phi) is 10.3. The van der Waals surface area contributed by atoms with Gasteiger partial charge in [0.1, 0.15) is 5.75 Å². The van der Waals surface area contributed by atoms with Gasteiger partial charge in [-0.15, -0.1) is 0 Å². The number of hydrogen-bond donors (Lipinski definition) is 3. The smallest absolute Gasteiger partial charge is 0.336 e. The highest BCUT2D eigenvalue weighted by Crippen LogP contribution is 2.39. The van der Waals surface area contributed by atoms with E-state index in [-0.39, 0.29) is 31.3 Å². The van der Waals surface area contributed by atoms with Crippen molar-refractivity contribution in [1.82, 2.24) is 10.7 Å². The lowest BCUT2D eigenvalue weighted by Gasteiger charge is -2.30. The van der Waals surface area contributed by atoms with Gasteiger partial charge in [0.15, 0.2) is 18.1 Å². The minimum atomic E-state index is -0.718. The van der Waals surface area contributed by atoms with Crippen LogP contribution in [0, 0.1) is 0 Å². The van der Waals surface area contributed by atoms with Gasteiger partial charge in [0.05, 0.1) is 43.6 Å². The Labute approximate surface area is 232 Å². The first-order valence-electron chi connectivity index (χ1n) is 12.6. The number of carbonyl (C=O) groups excluding carboxylic acids is 3. The summed E-state index contributed by atoms with van der Waals surface area (Å²) in [5.41, 5.74) is 5.42. The Morgan fingerprint density at radius 2 is 1.57 bits per heavy atom. The molecule has 0 fully saturated rings. The maximum Gasteiger partial charge on any atom is 0.336 e. The predicted octanol–water partition coefficient (Wildman–Crippen LogP) is 3.29. The minimum absolute atomic E-state index is 0.00481. The quantitative estimate of drug-likeness (QED) is 0.218. The topological polar surface area (TPSA) is 145 Å². The molecule has 0 aromatic heterocycles. The monoisotopic (exact) mass is 551 g/mol. The van der Waals surface area contributed by atoms with E-state index in [2.05, 4.69) is 15.8 Å². The van der Waals surface area contributed by atoms with Gasteiger partial charge in [0, 0.05) is 11.4 Å². The molecule has 2 aromatic carbocycles. The number of dihydropyridines is 1. The number of aromatic hydroxyl groups is 1. The fraction of sp³-hybridized carbons (Fsp3) is 0.310. The Balaban J connectivity index is 1.72. The number of nitrogens with one attached hydrogen (secondary N) is 2. The highest BCUT2D eigenvalue weighted by Gasteiger charge is 2.37. The molecule has 0 bridgehead atoms. The summed E-state index contributed by atoms with van der Waals surface area (Å²) in [6, 6.07) is 11.4. The summed E-state index contributed by atoms with van der Waals surface area (Å²) in [5.74, 6) is -1.59. The van der Waals surface area contributed by atoms with E-state index in [1.165, 1.54) is 19.4 Å². The molecule has 11 heteroatoms. The van der Waals surface area contributed by atoms with Crippen molar-refractivity contribution in [2.24, 2.45) is 5.10 Å². The van der Waals surface area contributed by atoms with Crippen LogP contribution in [-0.4, -0.2) is 56.1 Å². The van der Waals surface area contributed by atoms with E-state index in [4.69, 9.17) is 18.9 Å². The largest absolute Gasteiger partial charge is 0.504 e. The highest BCUT2D eigenvalue weighted by molar-refractivity contribution is 5.99. The molecular formula is C29H33N3O8. The number of phenolic OH excluding ortho intramolecular Hbond substituents is 1. The number of carbonyl (C=O) groups is 3. The normalized spacial score (nSPS) is 13.6. The van der Waals surface area contributed by atoms with Gasteiger partial charge in [-0.2, -0.15) is 5.10 Å². The van der Waals surface area contributed by atoms with Gasteiger partial charge in [0.2, 0.25) is 0 Å². The fourth-order valence-corrected chi connectivity index (χ4v) is 4.18. The summed E-state index contributed by atoms with van der Waals surface area (Å²) < 4.78 is 21.2. The van der Waals surface area contributed by atoms with Gasteiger partial charge < -0.3 is 29.4 Å². The van der Waals surface area contributed by atoms with Gasteiger partial charge in [0.25, 0.3) is 5.91 Å². The molecule has 3 N–H and O–H groups in total. The zero-order valence-corrected chi connectivity index (χ0v) is 23.1. The van der Waals surface area contributed by atoms with Crippen LogP contribution in [0.4, 0.5) is 0 Å². The molecule has 0 aliphatic carbocycles. The zero-order chi connectivity index (χ0) is 29.2. The molecule has 40 heavy (non-hydrogen) atoms. The van der Waals surface area contributed by atoms with Gasteiger partial charge in [-0.25, -0.2) is 15.0 Å². The molecule has 1 aliphatic rings. The SMILES string of the molecule is CCOC(=O)C1=C(C)NC(C)=C(C(=O)OCC)C1c1ccc(OCC(=O)N/N=C/c2ccc(O)c(OC)c2)cc1. The second kappa shape index (κ2) is 13.8. The van der Waals surface area contributed by atoms with Gasteiger partial charge in [-0.05, 0) is 69.2 Å². The van der Waals surface area contributed by atoms with Crippen LogP contribution in [0.25, 0.3) is 0 Å². The molecule has 11 nitrogen and oxygen atoms in total. The summed E-state index contributed by atoms with van der Waals surface area (Å²) in [6.07, 6.45) is 1.40. The van der Waals surface area contributed by atoms with Crippen LogP contribution in [0.2, 0.25) is 0 Å². The third-order valence-corrected chi connectivity index (χ3v) is 5.94. The Morgan fingerprint density at radius 1 is 0.975 bits per heavy atom. The van der Waals surface area contributed by atoms with E-state index < -0.39 is 23.8 Å². The van der Waals surface area contributed by atoms with Crippen molar-refractivity contribution in [1.29, 1.82) is 0 Å². The highest BCUT2D eigenvalue weighted by atomic mass is 16.5. The maximum atomic E-state index is 12.9. The van der Waals surface area contributed by atoms with E-state index in [1.54, 1.807) is 64.1 Å². The number of nitrogens with zero attached hydrogens (tertiary/aromatic N) is 1. The van der Waals surface area contributed by atoms with Crippen molar-refractivity contribution >= 4 is 24.1 Å². The first kappa shape index (κ1) is 29.8. The summed E-state index contributed by atoms with van der Waals surface area (Å²) in [5, 5.41) is 16.6. The number of rotatable bonds is 11. The zero-order valence-electron chi connectivity index (χ0n) is 23.1. The molecule has 0 unspecified atom stereocenters. The predicted molar refractivity (Wildman–Crippen MR) is 147 cm³/mol. The molecule has 0 radical (unpaired) electrons. The number of phenols is 1. The van der Waals surface area contributed by atoms with Crippen molar-refractivity contribution in [3.8, 4) is 17.2 Å². The van der Waals surface area contributed by atoms with Crippen molar-refractivity contribution in [3.05, 3.63) is 76.1 Å². The molecule has 3 rings (SSSR count). The molecule has 0 atom stereocenters. The van der Waals surface area contributed by atoms with Crippen LogP contribution < -0.4 is 20.2 Å². The second-order valence-electron chi connectivity index (χ2n) is 8.66.